The Morgan fingerprint density at radius 2 is 1.93 bits per heavy atom. The third-order valence-electron chi connectivity index (χ3n) is 6.18. The SMILES string of the molecule is Cc1cc(C)c2[nH]ccc2c1CN1CCC(CCO)=CC1c1ccc(C(=O)O)cc1. The second-order valence-corrected chi connectivity index (χ2v) is 8.15. The van der Waals surface area contributed by atoms with Gasteiger partial charge in [0.1, 0.15) is 0 Å². The minimum absolute atomic E-state index is 0.0536. The van der Waals surface area contributed by atoms with Gasteiger partial charge in [-0.2, -0.15) is 0 Å². The molecule has 0 saturated heterocycles. The predicted molar refractivity (Wildman–Crippen MR) is 119 cm³/mol. The van der Waals surface area contributed by atoms with Crippen molar-refractivity contribution in [2.45, 2.75) is 39.3 Å². The molecule has 156 valence electrons. The van der Waals surface area contributed by atoms with Gasteiger partial charge in [0.05, 0.1) is 11.6 Å². The van der Waals surface area contributed by atoms with E-state index in [4.69, 9.17) is 0 Å². The predicted octanol–water partition coefficient (Wildman–Crippen LogP) is 4.74. The average Bonchev–Trinajstić information content (AvgIpc) is 3.22. The number of carboxylic acids is 1. The number of fused-ring (bicyclic) bond motifs is 1. The van der Waals surface area contributed by atoms with Crippen LogP contribution in [0.5, 0.6) is 0 Å². The zero-order chi connectivity index (χ0) is 21.3. The number of aliphatic hydroxyl groups excluding tert-OH is 1. The summed E-state index contributed by atoms with van der Waals surface area (Å²) in [7, 11) is 0. The third kappa shape index (κ3) is 3.91. The van der Waals surface area contributed by atoms with E-state index in [0.717, 1.165) is 25.1 Å². The van der Waals surface area contributed by atoms with Crippen LogP contribution in [-0.2, 0) is 6.54 Å². The van der Waals surface area contributed by atoms with Gasteiger partial charge in [0, 0.05) is 36.8 Å². The largest absolute Gasteiger partial charge is 0.478 e. The third-order valence-corrected chi connectivity index (χ3v) is 6.18. The van der Waals surface area contributed by atoms with Crippen LogP contribution in [0.3, 0.4) is 0 Å². The molecule has 3 N–H and O–H groups in total. The van der Waals surface area contributed by atoms with Gasteiger partial charge in [0.25, 0.3) is 0 Å². The highest BCUT2D eigenvalue weighted by atomic mass is 16.4. The highest BCUT2D eigenvalue weighted by Gasteiger charge is 2.25. The summed E-state index contributed by atoms with van der Waals surface area (Å²) in [5.74, 6) is -0.913. The smallest absolute Gasteiger partial charge is 0.335 e. The van der Waals surface area contributed by atoms with E-state index in [0.29, 0.717) is 12.0 Å². The van der Waals surface area contributed by atoms with Gasteiger partial charge in [0.2, 0.25) is 0 Å². The van der Waals surface area contributed by atoms with Crippen molar-refractivity contribution in [2.24, 2.45) is 0 Å². The Kier molecular flexibility index (Phi) is 5.75. The Hall–Kier alpha value is -2.89. The summed E-state index contributed by atoms with van der Waals surface area (Å²) in [6, 6.07) is 11.6. The van der Waals surface area contributed by atoms with Crippen LogP contribution in [0.1, 0.15) is 51.5 Å². The van der Waals surface area contributed by atoms with Crippen LogP contribution in [0.25, 0.3) is 10.9 Å². The van der Waals surface area contributed by atoms with E-state index in [-0.39, 0.29) is 12.6 Å². The minimum Gasteiger partial charge on any atom is -0.478 e. The fourth-order valence-corrected chi connectivity index (χ4v) is 4.55. The van der Waals surface area contributed by atoms with E-state index in [1.54, 1.807) is 12.1 Å². The van der Waals surface area contributed by atoms with E-state index >= 15 is 0 Å². The molecule has 0 radical (unpaired) electrons. The molecule has 0 spiro atoms. The quantitative estimate of drug-likeness (QED) is 0.519. The monoisotopic (exact) mass is 404 g/mol. The molecule has 1 aromatic heterocycles. The molecule has 0 fully saturated rings. The van der Waals surface area contributed by atoms with Crippen molar-refractivity contribution in [2.75, 3.05) is 13.2 Å². The van der Waals surface area contributed by atoms with E-state index in [9.17, 15) is 15.0 Å². The molecule has 0 bridgehead atoms. The number of hydrogen-bond acceptors (Lipinski definition) is 3. The highest BCUT2D eigenvalue weighted by molar-refractivity contribution is 5.88. The molecule has 1 atom stereocenters. The van der Waals surface area contributed by atoms with Gasteiger partial charge in [-0.05, 0) is 67.1 Å². The van der Waals surface area contributed by atoms with Gasteiger partial charge < -0.3 is 15.2 Å². The van der Waals surface area contributed by atoms with Crippen molar-refractivity contribution in [3.05, 3.63) is 82.1 Å². The summed E-state index contributed by atoms with van der Waals surface area (Å²) in [6.45, 7) is 6.16. The number of aryl methyl sites for hydroxylation is 2. The van der Waals surface area contributed by atoms with E-state index in [2.05, 4.69) is 41.9 Å². The summed E-state index contributed by atoms with van der Waals surface area (Å²) in [4.78, 5) is 17.0. The van der Waals surface area contributed by atoms with Crippen LogP contribution < -0.4 is 0 Å². The summed E-state index contributed by atoms with van der Waals surface area (Å²) in [5, 5.41) is 19.9. The molecule has 5 heteroatoms. The molecule has 4 rings (SSSR count). The number of carboxylic acid groups (broad SMARTS) is 1. The molecular weight excluding hydrogens is 376 g/mol. The number of benzene rings is 2. The molecule has 3 aromatic rings. The number of aromatic amines is 1. The molecule has 1 unspecified atom stereocenters. The van der Waals surface area contributed by atoms with Crippen molar-refractivity contribution in [1.29, 1.82) is 0 Å². The molecule has 0 saturated carbocycles. The van der Waals surface area contributed by atoms with E-state index in [1.807, 2.05) is 18.3 Å². The first-order valence-corrected chi connectivity index (χ1v) is 10.4. The van der Waals surface area contributed by atoms with E-state index in [1.165, 1.54) is 33.2 Å². The van der Waals surface area contributed by atoms with Crippen molar-refractivity contribution >= 4 is 16.9 Å². The Bertz CT molecular complexity index is 1100. The van der Waals surface area contributed by atoms with Gasteiger partial charge in [0.15, 0.2) is 0 Å². The van der Waals surface area contributed by atoms with Crippen LogP contribution in [-0.4, -0.2) is 39.2 Å². The van der Waals surface area contributed by atoms with Crippen molar-refractivity contribution in [1.82, 2.24) is 9.88 Å². The molecule has 0 aliphatic carbocycles. The van der Waals surface area contributed by atoms with Crippen molar-refractivity contribution in [3.63, 3.8) is 0 Å². The molecule has 5 nitrogen and oxygen atoms in total. The lowest BCUT2D eigenvalue weighted by Crippen LogP contribution is -2.32. The fraction of sp³-hybridized carbons (Fsp3) is 0.320. The Morgan fingerprint density at radius 1 is 1.17 bits per heavy atom. The Balaban J connectivity index is 1.71. The number of hydrogen-bond donors (Lipinski definition) is 3. The number of nitrogens with one attached hydrogen (secondary N) is 1. The second kappa shape index (κ2) is 8.46. The van der Waals surface area contributed by atoms with Gasteiger partial charge in [-0.15, -0.1) is 0 Å². The van der Waals surface area contributed by atoms with Crippen molar-refractivity contribution < 1.29 is 15.0 Å². The molecule has 1 aliphatic rings. The molecule has 2 aromatic carbocycles. The normalized spacial score (nSPS) is 17.3. The van der Waals surface area contributed by atoms with Crippen LogP contribution >= 0.6 is 0 Å². The van der Waals surface area contributed by atoms with Crippen LogP contribution in [0.2, 0.25) is 0 Å². The maximum atomic E-state index is 11.2. The van der Waals surface area contributed by atoms with Gasteiger partial charge >= 0.3 is 5.97 Å². The van der Waals surface area contributed by atoms with E-state index < -0.39 is 5.97 Å². The second-order valence-electron chi connectivity index (χ2n) is 8.15. The highest BCUT2D eigenvalue weighted by Crippen LogP contribution is 2.34. The lowest BCUT2D eigenvalue weighted by atomic mass is 9.92. The van der Waals surface area contributed by atoms with Crippen LogP contribution in [0.4, 0.5) is 0 Å². The maximum absolute atomic E-state index is 11.2. The van der Waals surface area contributed by atoms with Crippen LogP contribution in [0.15, 0.2) is 54.2 Å². The first-order valence-electron chi connectivity index (χ1n) is 10.4. The average molecular weight is 405 g/mol. The van der Waals surface area contributed by atoms with Gasteiger partial charge in [-0.25, -0.2) is 4.79 Å². The van der Waals surface area contributed by atoms with Gasteiger partial charge in [-0.3, -0.25) is 4.90 Å². The summed E-state index contributed by atoms with van der Waals surface area (Å²) in [5.41, 5.74) is 7.67. The number of carbonyl (C=O) groups is 1. The number of aromatic carboxylic acids is 1. The standard InChI is InChI=1S/C25H28N2O3/c1-16-13-17(2)24-21(7-10-26-24)22(16)15-27-11-8-18(9-12-28)14-23(27)19-3-5-20(6-4-19)25(29)30/h3-7,10,13-14,23,26,28H,8-9,11-12,15H2,1-2H3,(H,29,30). The number of H-pyrrole nitrogens is 1. The van der Waals surface area contributed by atoms with Crippen molar-refractivity contribution in [3.8, 4) is 0 Å². The Labute approximate surface area is 176 Å². The summed E-state index contributed by atoms with van der Waals surface area (Å²) < 4.78 is 0. The Morgan fingerprint density at radius 3 is 2.63 bits per heavy atom. The van der Waals surface area contributed by atoms with Gasteiger partial charge in [-0.1, -0.05) is 29.8 Å². The fourth-order valence-electron chi connectivity index (χ4n) is 4.55. The first kappa shape index (κ1) is 20.4. The number of nitrogens with zero attached hydrogens (tertiary/aromatic N) is 1. The first-order chi connectivity index (χ1) is 14.5. The zero-order valence-electron chi connectivity index (χ0n) is 17.5. The molecule has 0 amide bonds. The number of aliphatic hydroxyl groups is 1. The molecular formula is C25H28N2O3. The molecule has 2 heterocycles. The lowest BCUT2D eigenvalue weighted by molar-refractivity contribution is 0.0697. The topological polar surface area (TPSA) is 76.6 Å². The maximum Gasteiger partial charge on any atom is 0.335 e. The lowest BCUT2D eigenvalue weighted by Gasteiger charge is -2.35. The zero-order valence-corrected chi connectivity index (χ0v) is 17.5. The molecule has 30 heavy (non-hydrogen) atoms. The summed E-state index contributed by atoms with van der Waals surface area (Å²) >= 11 is 0. The minimum atomic E-state index is -0.913. The number of aromatic nitrogens is 1. The molecule has 1 aliphatic heterocycles. The van der Waals surface area contributed by atoms with Crippen LogP contribution in [0, 0.1) is 13.8 Å². The number of rotatable bonds is 6. The summed E-state index contributed by atoms with van der Waals surface area (Å²) in [6.07, 6.45) is 5.86.